The van der Waals surface area contributed by atoms with Crippen molar-refractivity contribution in [3.05, 3.63) is 64.0 Å². The minimum atomic E-state index is 0.0399. The summed E-state index contributed by atoms with van der Waals surface area (Å²) in [6, 6.07) is 12.1. The number of halogens is 1. The lowest BCUT2D eigenvalue weighted by atomic mass is 10.0. The lowest BCUT2D eigenvalue weighted by Crippen LogP contribution is -2.23. The SMILES string of the molecule is O=c1c2ccsc2ncn1CC(CBr)c1ccccc1. The molecule has 102 valence electrons. The molecule has 0 spiro atoms. The highest BCUT2D eigenvalue weighted by atomic mass is 79.9. The van der Waals surface area contributed by atoms with Crippen LogP contribution in [0.5, 0.6) is 0 Å². The van der Waals surface area contributed by atoms with Gasteiger partial charge in [0.05, 0.1) is 11.7 Å². The Morgan fingerprint density at radius 2 is 2.05 bits per heavy atom. The van der Waals surface area contributed by atoms with E-state index < -0.39 is 0 Å². The van der Waals surface area contributed by atoms with E-state index in [1.165, 1.54) is 16.9 Å². The molecule has 1 aromatic carbocycles. The predicted molar refractivity (Wildman–Crippen MR) is 86.9 cm³/mol. The van der Waals surface area contributed by atoms with Crippen LogP contribution in [0.2, 0.25) is 0 Å². The van der Waals surface area contributed by atoms with Crippen molar-refractivity contribution >= 4 is 37.5 Å². The molecule has 2 aromatic heterocycles. The third kappa shape index (κ3) is 2.55. The van der Waals surface area contributed by atoms with E-state index in [0.29, 0.717) is 11.9 Å². The molecule has 0 bridgehead atoms. The zero-order valence-corrected chi connectivity index (χ0v) is 13.1. The fourth-order valence-corrected chi connectivity index (χ4v) is 3.53. The third-order valence-corrected chi connectivity index (χ3v) is 4.93. The first-order valence-corrected chi connectivity index (χ1v) is 8.33. The molecule has 0 saturated heterocycles. The van der Waals surface area contributed by atoms with Crippen molar-refractivity contribution in [1.82, 2.24) is 9.55 Å². The maximum atomic E-state index is 12.4. The van der Waals surface area contributed by atoms with E-state index in [1.54, 1.807) is 10.9 Å². The van der Waals surface area contributed by atoms with Gasteiger partial charge in [0.2, 0.25) is 0 Å². The van der Waals surface area contributed by atoms with E-state index in [4.69, 9.17) is 0 Å². The Morgan fingerprint density at radius 1 is 1.25 bits per heavy atom. The summed E-state index contributed by atoms with van der Waals surface area (Å²) in [7, 11) is 0. The summed E-state index contributed by atoms with van der Waals surface area (Å²) in [5.74, 6) is 0.256. The van der Waals surface area contributed by atoms with Gasteiger partial charge in [-0.3, -0.25) is 9.36 Å². The lowest BCUT2D eigenvalue weighted by molar-refractivity contribution is 0.585. The molecule has 3 nitrogen and oxygen atoms in total. The Labute approximate surface area is 129 Å². The maximum Gasteiger partial charge on any atom is 0.262 e. The summed E-state index contributed by atoms with van der Waals surface area (Å²) < 4.78 is 1.70. The minimum Gasteiger partial charge on any atom is -0.298 e. The molecule has 5 heteroatoms. The van der Waals surface area contributed by atoms with Gasteiger partial charge in [-0.25, -0.2) is 4.98 Å². The Kier molecular flexibility index (Phi) is 3.98. The fraction of sp³-hybridized carbons (Fsp3) is 0.200. The summed E-state index contributed by atoms with van der Waals surface area (Å²) in [4.78, 5) is 17.5. The van der Waals surface area contributed by atoms with Crippen LogP contribution in [0.3, 0.4) is 0 Å². The first-order valence-electron chi connectivity index (χ1n) is 6.33. The minimum absolute atomic E-state index is 0.0399. The number of fused-ring (bicyclic) bond motifs is 1. The molecular weight excluding hydrogens is 336 g/mol. The van der Waals surface area contributed by atoms with Crippen LogP contribution in [0.15, 0.2) is 52.9 Å². The third-order valence-electron chi connectivity index (χ3n) is 3.32. The Hall–Kier alpha value is -1.46. The van der Waals surface area contributed by atoms with Crippen molar-refractivity contribution < 1.29 is 0 Å². The Morgan fingerprint density at radius 3 is 2.80 bits per heavy atom. The fourth-order valence-electron chi connectivity index (χ4n) is 2.23. The highest BCUT2D eigenvalue weighted by molar-refractivity contribution is 9.09. The van der Waals surface area contributed by atoms with Crippen LogP contribution < -0.4 is 5.56 Å². The number of thiophene rings is 1. The van der Waals surface area contributed by atoms with Gasteiger partial charge < -0.3 is 0 Å². The van der Waals surface area contributed by atoms with E-state index >= 15 is 0 Å². The topological polar surface area (TPSA) is 34.9 Å². The number of rotatable bonds is 4. The molecule has 1 atom stereocenters. The average molecular weight is 349 g/mol. The molecule has 0 N–H and O–H groups in total. The van der Waals surface area contributed by atoms with Crippen molar-refractivity contribution in [3.8, 4) is 0 Å². The van der Waals surface area contributed by atoms with Crippen LogP contribution in [0.4, 0.5) is 0 Å². The second kappa shape index (κ2) is 5.89. The molecule has 0 radical (unpaired) electrons. The first-order chi connectivity index (χ1) is 9.79. The number of hydrogen-bond donors (Lipinski definition) is 0. The Balaban J connectivity index is 1.95. The van der Waals surface area contributed by atoms with E-state index in [9.17, 15) is 4.79 Å². The van der Waals surface area contributed by atoms with Gasteiger partial charge in [-0.05, 0) is 17.0 Å². The molecule has 0 aliphatic carbocycles. The molecular formula is C15H13BrN2OS. The number of aromatic nitrogens is 2. The smallest absolute Gasteiger partial charge is 0.262 e. The van der Waals surface area contributed by atoms with Gasteiger partial charge >= 0.3 is 0 Å². The first kappa shape index (κ1) is 13.5. The summed E-state index contributed by atoms with van der Waals surface area (Å²) >= 11 is 5.04. The van der Waals surface area contributed by atoms with Crippen molar-refractivity contribution in [2.75, 3.05) is 5.33 Å². The summed E-state index contributed by atoms with van der Waals surface area (Å²) in [6.45, 7) is 0.632. The van der Waals surface area contributed by atoms with Crippen LogP contribution in [0.25, 0.3) is 10.2 Å². The van der Waals surface area contributed by atoms with Gasteiger partial charge in [-0.2, -0.15) is 0 Å². The largest absolute Gasteiger partial charge is 0.298 e. The van der Waals surface area contributed by atoms with Crippen LogP contribution in [0.1, 0.15) is 11.5 Å². The number of benzene rings is 1. The van der Waals surface area contributed by atoms with Crippen molar-refractivity contribution in [3.63, 3.8) is 0 Å². The van der Waals surface area contributed by atoms with Gasteiger partial charge in [0.15, 0.2) is 0 Å². The average Bonchev–Trinajstić information content (AvgIpc) is 2.97. The van der Waals surface area contributed by atoms with Crippen LogP contribution in [-0.2, 0) is 6.54 Å². The Bertz CT molecular complexity index is 766. The summed E-state index contributed by atoms with van der Waals surface area (Å²) in [5, 5.41) is 3.42. The molecule has 2 heterocycles. The summed E-state index contributed by atoms with van der Waals surface area (Å²) in [6.07, 6.45) is 1.65. The van der Waals surface area contributed by atoms with Gasteiger partial charge in [0, 0.05) is 17.8 Å². The second-order valence-corrected chi connectivity index (χ2v) is 6.15. The molecule has 1 unspecified atom stereocenters. The maximum absolute atomic E-state index is 12.4. The molecule has 0 aliphatic heterocycles. The van der Waals surface area contributed by atoms with E-state index in [0.717, 1.165) is 10.2 Å². The highest BCUT2D eigenvalue weighted by Gasteiger charge is 2.13. The van der Waals surface area contributed by atoms with Crippen LogP contribution >= 0.6 is 27.3 Å². The molecule has 0 fully saturated rings. The zero-order chi connectivity index (χ0) is 13.9. The van der Waals surface area contributed by atoms with Crippen molar-refractivity contribution in [2.24, 2.45) is 0 Å². The second-order valence-electron chi connectivity index (χ2n) is 4.60. The lowest BCUT2D eigenvalue weighted by Gasteiger charge is -2.15. The van der Waals surface area contributed by atoms with Crippen molar-refractivity contribution in [2.45, 2.75) is 12.5 Å². The number of nitrogens with zero attached hydrogens (tertiary/aromatic N) is 2. The van der Waals surface area contributed by atoms with Gasteiger partial charge in [0.25, 0.3) is 5.56 Å². The monoisotopic (exact) mass is 348 g/mol. The number of hydrogen-bond acceptors (Lipinski definition) is 3. The molecule has 3 rings (SSSR count). The quantitative estimate of drug-likeness (QED) is 0.674. The predicted octanol–water partition coefficient (Wildman–Crippen LogP) is 3.64. The molecule has 0 saturated carbocycles. The molecule has 3 aromatic rings. The van der Waals surface area contributed by atoms with E-state index in [1.807, 2.05) is 29.6 Å². The van der Waals surface area contributed by atoms with E-state index in [-0.39, 0.29) is 11.5 Å². The molecule has 20 heavy (non-hydrogen) atoms. The highest BCUT2D eigenvalue weighted by Crippen LogP contribution is 2.20. The zero-order valence-electron chi connectivity index (χ0n) is 10.7. The van der Waals surface area contributed by atoms with Gasteiger partial charge in [-0.1, -0.05) is 46.3 Å². The molecule has 0 amide bonds. The van der Waals surface area contributed by atoms with Crippen LogP contribution in [-0.4, -0.2) is 14.9 Å². The van der Waals surface area contributed by atoms with Gasteiger partial charge in [0.1, 0.15) is 4.83 Å². The van der Waals surface area contributed by atoms with Crippen LogP contribution in [0, 0.1) is 0 Å². The standard InChI is InChI=1S/C15H13BrN2OS/c16-8-12(11-4-2-1-3-5-11)9-18-10-17-14-13(15(18)19)6-7-20-14/h1-7,10,12H,8-9H2. The number of alkyl halides is 1. The van der Waals surface area contributed by atoms with E-state index in [2.05, 4.69) is 33.0 Å². The molecule has 0 aliphatic rings. The summed E-state index contributed by atoms with van der Waals surface area (Å²) in [5.41, 5.74) is 1.26. The van der Waals surface area contributed by atoms with Crippen molar-refractivity contribution in [1.29, 1.82) is 0 Å². The van der Waals surface area contributed by atoms with Gasteiger partial charge in [-0.15, -0.1) is 11.3 Å². The normalized spacial score (nSPS) is 12.7.